The fourth-order valence-electron chi connectivity index (χ4n) is 4.89. The average Bonchev–Trinajstić information content (AvgIpc) is 3.71. The summed E-state index contributed by atoms with van der Waals surface area (Å²) in [6.07, 6.45) is 1.30. The van der Waals surface area contributed by atoms with Gasteiger partial charge in [0.15, 0.2) is 0 Å². The van der Waals surface area contributed by atoms with Crippen molar-refractivity contribution in [2.75, 3.05) is 0 Å². The molecule has 0 bridgehead atoms. The first-order valence-electron chi connectivity index (χ1n) is 17.0. The molecular formula is C40H28IrN2S2-2. The van der Waals surface area contributed by atoms with Crippen LogP contribution < -0.4 is 0 Å². The fourth-order valence-corrected chi connectivity index (χ4v) is 7.20. The van der Waals surface area contributed by atoms with Crippen LogP contribution in [0.25, 0.3) is 63.7 Å². The number of aryl methyl sites for hydroxylation is 2. The van der Waals surface area contributed by atoms with E-state index in [0.717, 1.165) is 15.4 Å². The number of hydrogen-bond donors (Lipinski definition) is 0. The standard InChI is InChI=1S/C27H16NS2.C13H12N.Ir/c1-3-7-18(8-4-1)19-11-13-20(14-12-19)22-15-16-24-23(17-22)25-27(29-24)28-26(30-25)21-9-5-2-6-10-21;1-10-3-6-12(7-4-10)13-8-5-11(2)9-14-13;/h1-9,11-17H;3-6,8-9H,1-2H3;/q2*-1;/i;1D3,2D3;. The van der Waals surface area contributed by atoms with Gasteiger partial charge in [-0.2, -0.15) is 11.3 Å². The van der Waals surface area contributed by atoms with Gasteiger partial charge in [0.1, 0.15) is 4.83 Å². The fraction of sp³-hybridized carbons (Fsp3) is 0.0500. The largest absolute Gasteiger partial charge is 0.304 e. The Kier molecular flexibility index (Phi) is 7.38. The number of pyridine rings is 1. The van der Waals surface area contributed by atoms with Crippen molar-refractivity contribution in [2.45, 2.75) is 13.7 Å². The van der Waals surface area contributed by atoms with Gasteiger partial charge in [0.2, 0.25) is 0 Å². The molecule has 0 unspecified atom stereocenters. The Morgan fingerprint density at radius 2 is 1.38 bits per heavy atom. The van der Waals surface area contributed by atoms with Gasteiger partial charge in [-0.05, 0) is 52.5 Å². The van der Waals surface area contributed by atoms with E-state index in [9.17, 15) is 0 Å². The number of fused-ring (bicyclic) bond motifs is 3. The van der Waals surface area contributed by atoms with Crippen molar-refractivity contribution in [1.29, 1.82) is 0 Å². The number of nitrogens with zero attached hydrogens (tertiary/aromatic N) is 2. The Hall–Kier alpha value is -4.25. The van der Waals surface area contributed by atoms with Crippen LogP contribution in [0.4, 0.5) is 0 Å². The zero-order chi connectivity index (χ0) is 34.9. The molecule has 0 aliphatic heterocycles. The Balaban J connectivity index is 0.000000188. The summed E-state index contributed by atoms with van der Waals surface area (Å²) in [7, 11) is 0. The summed E-state index contributed by atoms with van der Waals surface area (Å²) in [5.74, 6) is 0. The van der Waals surface area contributed by atoms with E-state index in [4.69, 9.17) is 13.2 Å². The Labute approximate surface area is 293 Å². The van der Waals surface area contributed by atoms with Crippen LogP contribution in [0.3, 0.4) is 0 Å². The second-order valence-electron chi connectivity index (χ2n) is 10.1. The van der Waals surface area contributed by atoms with Crippen LogP contribution in [0, 0.1) is 25.8 Å². The molecule has 0 N–H and O–H groups in total. The molecule has 3 heterocycles. The maximum absolute atomic E-state index is 7.28. The summed E-state index contributed by atoms with van der Waals surface area (Å²) in [6.45, 7) is -4.34. The van der Waals surface area contributed by atoms with Gasteiger partial charge in [-0.25, -0.2) is 0 Å². The van der Waals surface area contributed by atoms with Crippen LogP contribution in [0.5, 0.6) is 0 Å². The van der Waals surface area contributed by atoms with Crippen LogP contribution in [-0.2, 0) is 20.1 Å². The van der Waals surface area contributed by atoms with Gasteiger partial charge in [-0.15, -0.1) is 82.6 Å². The molecule has 8 aromatic rings. The maximum atomic E-state index is 7.28. The molecule has 5 heteroatoms. The molecule has 0 aliphatic rings. The van der Waals surface area contributed by atoms with E-state index in [2.05, 4.69) is 96.0 Å². The molecule has 0 amide bonds. The molecule has 0 aliphatic carbocycles. The van der Waals surface area contributed by atoms with E-state index >= 15 is 0 Å². The molecule has 0 saturated heterocycles. The first kappa shape index (κ1) is 24.0. The maximum Gasteiger partial charge on any atom is 0.124 e. The van der Waals surface area contributed by atoms with E-state index in [1.54, 1.807) is 34.8 Å². The van der Waals surface area contributed by atoms with Crippen molar-refractivity contribution < 1.29 is 28.3 Å². The molecule has 5 aromatic carbocycles. The molecule has 45 heavy (non-hydrogen) atoms. The van der Waals surface area contributed by atoms with Crippen LogP contribution in [0.2, 0.25) is 0 Å². The minimum atomic E-state index is -2.18. The molecule has 0 spiro atoms. The number of rotatable bonds is 4. The zero-order valence-electron chi connectivity index (χ0n) is 29.7. The van der Waals surface area contributed by atoms with Crippen molar-refractivity contribution in [2.24, 2.45) is 0 Å². The zero-order valence-corrected chi connectivity index (χ0v) is 27.8. The molecule has 3 aromatic heterocycles. The third-order valence-electron chi connectivity index (χ3n) is 7.14. The van der Waals surface area contributed by atoms with Gasteiger partial charge < -0.3 is 4.98 Å². The smallest absolute Gasteiger partial charge is 0.124 e. The second-order valence-corrected chi connectivity index (χ2v) is 12.1. The minimum absolute atomic E-state index is 0. The van der Waals surface area contributed by atoms with E-state index in [1.807, 2.05) is 18.2 Å². The first-order chi connectivity index (χ1) is 24.0. The van der Waals surface area contributed by atoms with Gasteiger partial charge in [-0.3, -0.25) is 4.98 Å². The summed E-state index contributed by atoms with van der Waals surface area (Å²) < 4.78 is 46.2. The van der Waals surface area contributed by atoms with Crippen LogP contribution >= 0.6 is 22.7 Å². The van der Waals surface area contributed by atoms with Gasteiger partial charge in [0.05, 0.1) is 4.70 Å². The van der Waals surface area contributed by atoms with E-state index < -0.39 is 13.7 Å². The third-order valence-corrected chi connectivity index (χ3v) is 9.46. The normalized spacial score (nSPS) is 13.2. The van der Waals surface area contributed by atoms with Gasteiger partial charge in [0, 0.05) is 49.6 Å². The Morgan fingerprint density at radius 3 is 2.07 bits per heavy atom. The Bertz CT molecular complexity index is 2310. The number of benzene rings is 5. The third kappa shape index (κ3) is 6.88. The molecular weight excluding hydrogens is 765 g/mol. The number of aromatic nitrogens is 2. The Morgan fingerprint density at radius 1 is 0.644 bits per heavy atom. The number of thiophene rings is 1. The summed E-state index contributed by atoms with van der Waals surface area (Å²) >= 11 is 3.52. The predicted octanol–water partition coefficient (Wildman–Crippen LogP) is 11.5. The van der Waals surface area contributed by atoms with Crippen LogP contribution in [0.1, 0.15) is 19.4 Å². The van der Waals surface area contributed by atoms with E-state index in [-0.39, 0.29) is 31.2 Å². The van der Waals surface area contributed by atoms with Crippen LogP contribution in [-0.4, -0.2) is 9.97 Å². The van der Waals surface area contributed by atoms with E-state index in [0.29, 0.717) is 11.3 Å². The van der Waals surface area contributed by atoms with Crippen molar-refractivity contribution in [3.63, 3.8) is 0 Å². The summed E-state index contributed by atoms with van der Waals surface area (Å²) in [6, 6.07) is 47.9. The summed E-state index contributed by atoms with van der Waals surface area (Å²) in [5, 5.41) is 2.33. The van der Waals surface area contributed by atoms with Gasteiger partial charge >= 0.3 is 0 Å². The summed E-state index contributed by atoms with van der Waals surface area (Å²) in [5.41, 5.74) is 7.57. The van der Waals surface area contributed by atoms with Crippen LogP contribution in [0.15, 0.2) is 134 Å². The molecule has 1 radical (unpaired) electrons. The van der Waals surface area contributed by atoms with Crippen molar-refractivity contribution in [3.8, 4) is 44.1 Å². The van der Waals surface area contributed by atoms with E-state index in [1.165, 1.54) is 61.4 Å². The number of thiazole rings is 1. The predicted molar refractivity (Wildman–Crippen MR) is 188 cm³/mol. The monoisotopic (exact) mass is 799 g/mol. The topological polar surface area (TPSA) is 25.8 Å². The first-order valence-corrected chi connectivity index (χ1v) is 15.6. The molecule has 8 rings (SSSR count). The molecule has 0 saturated carbocycles. The minimum Gasteiger partial charge on any atom is -0.304 e. The summed E-state index contributed by atoms with van der Waals surface area (Å²) in [4.78, 5) is 10.1. The van der Waals surface area contributed by atoms with Crippen molar-refractivity contribution in [3.05, 3.63) is 157 Å². The SMILES string of the molecule is [2H]C([2H])([2H])c1c[c-]c(-c2ccc(C([2H])([2H])[2H])cn2)cc1.[Ir].[c-]1ccccc1-c1nc2sc3ccc(-c4ccc(-c5ccccc5)cc4)cc3c2s1. The van der Waals surface area contributed by atoms with Gasteiger partial charge in [0.25, 0.3) is 0 Å². The van der Waals surface area contributed by atoms with Gasteiger partial charge in [-0.1, -0.05) is 79.6 Å². The quantitative estimate of drug-likeness (QED) is 0.166. The molecule has 221 valence electrons. The number of hydrogen-bond acceptors (Lipinski definition) is 4. The second kappa shape index (κ2) is 13.8. The van der Waals surface area contributed by atoms with Crippen molar-refractivity contribution in [1.82, 2.24) is 9.97 Å². The average molecular weight is 799 g/mol. The molecule has 2 nitrogen and oxygen atoms in total. The molecule has 0 fully saturated rings. The molecule has 0 atom stereocenters. The van der Waals surface area contributed by atoms with Crippen molar-refractivity contribution >= 4 is 42.3 Å².